The number of benzene rings is 1. The minimum atomic E-state index is 0.449. The second kappa shape index (κ2) is 5.66. The molecule has 1 aromatic carbocycles. The van der Waals surface area contributed by atoms with Crippen LogP contribution in [0.25, 0.3) is 0 Å². The molecule has 0 spiro atoms. The number of hydrogen-bond acceptors (Lipinski definition) is 1. The van der Waals surface area contributed by atoms with Crippen molar-refractivity contribution in [3.8, 4) is 0 Å². The first-order valence-electron chi connectivity index (χ1n) is 8.07. The smallest absolute Gasteiger partial charge is 0.00675 e. The molecule has 1 saturated carbocycles. The molecular formula is C18H27N. The third-order valence-electron chi connectivity index (χ3n) is 5.38. The van der Waals surface area contributed by atoms with Crippen LogP contribution < -0.4 is 5.73 Å². The van der Waals surface area contributed by atoms with Crippen molar-refractivity contribution in [3.63, 3.8) is 0 Å². The highest BCUT2D eigenvalue weighted by Crippen LogP contribution is 2.40. The standard InChI is InChI=1S/C18H27N/c1-13-9-10-18(19)16(11-13)12-15-7-4-6-14-5-2-3-8-17(14)15/h2-3,5,8,13,15-16,18H,4,6-7,9-12,19H2,1H3. The van der Waals surface area contributed by atoms with Gasteiger partial charge in [0.2, 0.25) is 0 Å². The van der Waals surface area contributed by atoms with Crippen LogP contribution in [0.5, 0.6) is 0 Å². The maximum atomic E-state index is 6.38. The quantitative estimate of drug-likeness (QED) is 0.841. The van der Waals surface area contributed by atoms with Crippen LogP contribution >= 0.6 is 0 Å². The summed E-state index contributed by atoms with van der Waals surface area (Å²) in [7, 11) is 0. The Morgan fingerprint density at radius 1 is 1.16 bits per heavy atom. The maximum absolute atomic E-state index is 6.38. The molecule has 2 aliphatic carbocycles. The van der Waals surface area contributed by atoms with E-state index >= 15 is 0 Å². The summed E-state index contributed by atoms with van der Waals surface area (Å²) in [5.41, 5.74) is 9.60. The fraction of sp³-hybridized carbons (Fsp3) is 0.667. The van der Waals surface area contributed by atoms with Gasteiger partial charge < -0.3 is 5.73 Å². The van der Waals surface area contributed by atoms with E-state index in [0.29, 0.717) is 6.04 Å². The van der Waals surface area contributed by atoms with Crippen LogP contribution in [-0.4, -0.2) is 6.04 Å². The topological polar surface area (TPSA) is 26.0 Å². The molecule has 0 amide bonds. The van der Waals surface area contributed by atoms with Crippen LogP contribution in [0.4, 0.5) is 0 Å². The Labute approximate surface area is 117 Å². The van der Waals surface area contributed by atoms with E-state index in [-0.39, 0.29) is 0 Å². The van der Waals surface area contributed by atoms with E-state index in [1.165, 1.54) is 44.9 Å². The Bertz CT molecular complexity index is 425. The Kier molecular flexibility index (Phi) is 3.93. The van der Waals surface area contributed by atoms with Gasteiger partial charge >= 0.3 is 0 Å². The van der Waals surface area contributed by atoms with Crippen LogP contribution in [0.2, 0.25) is 0 Å². The van der Waals surface area contributed by atoms with Crippen LogP contribution in [0.15, 0.2) is 24.3 Å². The van der Waals surface area contributed by atoms with Gasteiger partial charge in [-0.05, 0) is 73.8 Å². The number of aryl methyl sites for hydroxylation is 1. The van der Waals surface area contributed by atoms with Crippen LogP contribution in [-0.2, 0) is 6.42 Å². The fourth-order valence-electron chi connectivity index (χ4n) is 4.26. The van der Waals surface area contributed by atoms with Gasteiger partial charge in [0.15, 0.2) is 0 Å². The van der Waals surface area contributed by atoms with Crippen molar-refractivity contribution < 1.29 is 0 Å². The summed E-state index contributed by atoms with van der Waals surface area (Å²) in [5, 5.41) is 0. The van der Waals surface area contributed by atoms with Gasteiger partial charge in [0.1, 0.15) is 0 Å². The lowest BCUT2D eigenvalue weighted by molar-refractivity contribution is 0.218. The second-order valence-electron chi connectivity index (χ2n) is 6.87. The van der Waals surface area contributed by atoms with Crippen molar-refractivity contribution in [2.45, 2.75) is 63.8 Å². The van der Waals surface area contributed by atoms with Crippen molar-refractivity contribution in [2.75, 3.05) is 0 Å². The van der Waals surface area contributed by atoms with Crippen LogP contribution in [0, 0.1) is 11.8 Å². The minimum absolute atomic E-state index is 0.449. The van der Waals surface area contributed by atoms with E-state index < -0.39 is 0 Å². The van der Waals surface area contributed by atoms with Gasteiger partial charge in [-0.2, -0.15) is 0 Å². The van der Waals surface area contributed by atoms with Gasteiger partial charge in [0.25, 0.3) is 0 Å². The van der Waals surface area contributed by atoms with Crippen molar-refractivity contribution >= 4 is 0 Å². The zero-order valence-corrected chi connectivity index (χ0v) is 12.1. The SMILES string of the molecule is CC1CCC(N)C(CC2CCCc3ccccc32)C1. The molecule has 0 aromatic heterocycles. The molecular weight excluding hydrogens is 230 g/mol. The lowest BCUT2D eigenvalue weighted by Gasteiger charge is -2.36. The molecule has 2 N–H and O–H groups in total. The van der Waals surface area contributed by atoms with Gasteiger partial charge in [-0.25, -0.2) is 0 Å². The number of rotatable bonds is 2. The lowest BCUT2D eigenvalue weighted by atomic mass is 9.71. The van der Waals surface area contributed by atoms with Gasteiger partial charge in [-0.3, -0.25) is 0 Å². The molecule has 1 fully saturated rings. The van der Waals surface area contributed by atoms with Crippen molar-refractivity contribution in [3.05, 3.63) is 35.4 Å². The van der Waals surface area contributed by atoms with E-state index in [0.717, 1.165) is 17.8 Å². The molecule has 4 atom stereocenters. The average molecular weight is 257 g/mol. The highest BCUT2D eigenvalue weighted by molar-refractivity contribution is 5.32. The predicted octanol–water partition coefficient (Wildman–Crippen LogP) is 4.26. The zero-order valence-electron chi connectivity index (χ0n) is 12.1. The summed E-state index contributed by atoms with van der Waals surface area (Å²) in [6.45, 7) is 2.40. The van der Waals surface area contributed by atoms with Gasteiger partial charge in [0, 0.05) is 6.04 Å². The summed E-state index contributed by atoms with van der Waals surface area (Å²) in [6, 6.07) is 9.53. The molecule has 2 aliphatic rings. The Morgan fingerprint density at radius 2 is 2.00 bits per heavy atom. The molecule has 104 valence electrons. The monoisotopic (exact) mass is 257 g/mol. The van der Waals surface area contributed by atoms with Gasteiger partial charge in [-0.15, -0.1) is 0 Å². The minimum Gasteiger partial charge on any atom is -0.327 e. The predicted molar refractivity (Wildman–Crippen MR) is 81.2 cm³/mol. The van der Waals surface area contributed by atoms with Crippen molar-refractivity contribution in [1.82, 2.24) is 0 Å². The summed E-state index contributed by atoms with van der Waals surface area (Å²) in [4.78, 5) is 0. The molecule has 19 heavy (non-hydrogen) atoms. The summed E-state index contributed by atoms with van der Waals surface area (Å²) >= 11 is 0. The number of hydrogen-bond donors (Lipinski definition) is 1. The van der Waals surface area contributed by atoms with E-state index in [1.54, 1.807) is 11.1 Å². The highest BCUT2D eigenvalue weighted by Gasteiger charge is 2.30. The van der Waals surface area contributed by atoms with Crippen LogP contribution in [0.1, 0.15) is 62.5 Å². The normalized spacial score (nSPS) is 34.8. The molecule has 0 radical (unpaired) electrons. The molecule has 0 aliphatic heterocycles. The average Bonchev–Trinajstić information content (AvgIpc) is 2.43. The molecule has 0 heterocycles. The summed E-state index contributed by atoms with van der Waals surface area (Å²) in [6.07, 6.45) is 9.25. The molecule has 3 rings (SSSR count). The highest BCUT2D eigenvalue weighted by atomic mass is 14.7. The van der Waals surface area contributed by atoms with E-state index in [9.17, 15) is 0 Å². The Hall–Kier alpha value is -0.820. The number of fused-ring (bicyclic) bond motifs is 1. The maximum Gasteiger partial charge on any atom is 0.00675 e. The first-order chi connectivity index (χ1) is 9.24. The number of nitrogens with two attached hydrogens (primary N) is 1. The third-order valence-corrected chi connectivity index (χ3v) is 5.38. The molecule has 1 nitrogen and oxygen atoms in total. The Balaban J connectivity index is 1.73. The van der Waals surface area contributed by atoms with Crippen LogP contribution in [0.3, 0.4) is 0 Å². The fourth-order valence-corrected chi connectivity index (χ4v) is 4.26. The largest absolute Gasteiger partial charge is 0.327 e. The van der Waals surface area contributed by atoms with Crippen molar-refractivity contribution in [2.24, 2.45) is 17.6 Å². The van der Waals surface area contributed by atoms with Crippen molar-refractivity contribution in [1.29, 1.82) is 0 Å². The zero-order chi connectivity index (χ0) is 13.2. The first-order valence-corrected chi connectivity index (χ1v) is 8.07. The lowest BCUT2D eigenvalue weighted by Crippen LogP contribution is -2.36. The first kappa shape index (κ1) is 13.2. The molecule has 1 heteroatoms. The molecule has 0 bridgehead atoms. The Morgan fingerprint density at radius 3 is 2.89 bits per heavy atom. The molecule has 0 saturated heterocycles. The van der Waals surface area contributed by atoms with Gasteiger partial charge in [0.05, 0.1) is 0 Å². The van der Waals surface area contributed by atoms with E-state index in [1.807, 2.05) is 0 Å². The van der Waals surface area contributed by atoms with Gasteiger partial charge in [-0.1, -0.05) is 31.2 Å². The molecule has 4 unspecified atom stereocenters. The molecule has 1 aromatic rings. The third kappa shape index (κ3) is 2.86. The second-order valence-corrected chi connectivity index (χ2v) is 6.87. The van der Waals surface area contributed by atoms with E-state index in [2.05, 4.69) is 31.2 Å². The summed E-state index contributed by atoms with van der Waals surface area (Å²) in [5.74, 6) is 2.40. The van der Waals surface area contributed by atoms with E-state index in [4.69, 9.17) is 5.73 Å². The summed E-state index contributed by atoms with van der Waals surface area (Å²) < 4.78 is 0.